The molecule has 6 aromatic rings. The van der Waals surface area contributed by atoms with Crippen molar-refractivity contribution in [2.45, 2.75) is 13.5 Å². The van der Waals surface area contributed by atoms with E-state index in [-0.39, 0.29) is 11.3 Å². The first-order valence-corrected chi connectivity index (χ1v) is 13.0. The first-order valence-electron chi connectivity index (χ1n) is 13.0. The van der Waals surface area contributed by atoms with Crippen LogP contribution in [0.4, 0.5) is 11.4 Å². The first-order chi connectivity index (χ1) is 19.5. The highest BCUT2D eigenvalue weighted by molar-refractivity contribution is 6.04. The highest BCUT2D eigenvalue weighted by atomic mass is 16.1. The molecule has 2 heterocycles. The largest absolute Gasteiger partial charge is 0.379 e. The molecule has 0 unspecified atom stereocenters. The van der Waals surface area contributed by atoms with Crippen LogP contribution in [0.2, 0.25) is 0 Å². The van der Waals surface area contributed by atoms with Crippen LogP contribution in [-0.2, 0) is 6.54 Å². The summed E-state index contributed by atoms with van der Waals surface area (Å²) in [5.41, 5.74) is 6.43. The second kappa shape index (κ2) is 10.8. The summed E-state index contributed by atoms with van der Waals surface area (Å²) in [7, 11) is 0. The lowest BCUT2D eigenvalue weighted by Crippen LogP contribution is -2.11. The molecule has 40 heavy (non-hydrogen) atoms. The average molecular weight is 523 g/mol. The lowest BCUT2D eigenvalue weighted by atomic mass is 10.0. The zero-order valence-electron chi connectivity index (χ0n) is 21.9. The van der Waals surface area contributed by atoms with Crippen molar-refractivity contribution in [3.8, 4) is 11.1 Å². The number of nitrogens with one attached hydrogen (secondary N) is 2. The molecule has 6 rings (SSSR count). The molecule has 0 saturated carbocycles. The molecule has 0 radical (unpaired) electrons. The van der Waals surface area contributed by atoms with Crippen LogP contribution in [0.5, 0.6) is 0 Å². The number of rotatable bonds is 6. The Bertz CT molecular complexity index is 1920. The molecule has 0 aliphatic heterocycles. The summed E-state index contributed by atoms with van der Waals surface area (Å²) in [5.74, 6) is -0.183. The number of anilines is 2. The Morgan fingerprint density at radius 3 is 2.35 bits per heavy atom. The highest BCUT2D eigenvalue weighted by Gasteiger charge is 2.10. The number of aromatic nitrogens is 2. The number of aryl methyl sites for hydroxylation is 1. The number of para-hydroxylation sites is 1. The van der Waals surface area contributed by atoms with Crippen molar-refractivity contribution in [1.29, 1.82) is 0 Å². The molecule has 194 valence electrons. The lowest BCUT2D eigenvalue weighted by molar-refractivity contribution is 0.102. The minimum Gasteiger partial charge on any atom is -0.379 e. The van der Waals surface area contributed by atoms with Crippen molar-refractivity contribution in [2.24, 2.45) is 0 Å². The smallest absolute Gasteiger partial charge is 0.255 e. The molecule has 1 amide bonds. The predicted octanol–water partition coefficient (Wildman–Crippen LogP) is 6.98. The van der Waals surface area contributed by atoms with E-state index in [1.807, 2.05) is 97.9 Å². The van der Waals surface area contributed by atoms with Crippen LogP contribution in [0.3, 0.4) is 0 Å². The van der Waals surface area contributed by atoms with Gasteiger partial charge in [0.15, 0.2) is 5.43 Å². The van der Waals surface area contributed by atoms with Crippen molar-refractivity contribution in [3.05, 3.63) is 143 Å². The minimum atomic E-state index is -0.183. The van der Waals surface area contributed by atoms with Crippen LogP contribution in [0.1, 0.15) is 21.6 Å². The summed E-state index contributed by atoms with van der Waals surface area (Å²) >= 11 is 0. The van der Waals surface area contributed by atoms with Gasteiger partial charge in [-0.3, -0.25) is 19.6 Å². The van der Waals surface area contributed by atoms with Gasteiger partial charge < -0.3 is 10.6 Å². The van der Waals surface area contributed by atoms with Gasteiger partial charge in [0.2, 0.25) is 0 Å². The summed E-state index contributed by atoms with van der Waals surface area (Å²) in [6.07, 6.45) is 3.54. The van der Waals surface area contributed by atoms with Crippen molar-refractivity contribution >= 4 is 39.0 Å². The number of nitrogens with zero attached hydrogens (tertiary/aromatic N) is 2. The Hall–Kier alpha value is -5.36. The summed E-state index contributed by atoms with van der Waals surface area (Å²) < 4.78 is 0. The number of fused-ring (bicyclic) bond motifs is 2. The number of carbonyl (C=O) groups is 1. The summed E-state index contributed by atoms with van der Waals surface area (Å²) in [5, 5.41) is 8.29. The van der Waals surface area contributed by atoms with Crippen molar-refractivity contribution in [3.63, 3.8) is 0 Å². The van der Waals surface area contributed by atoms with Crippen molar-refractivity contribution < 1.29 is 4.79 Å². The lowest BCUT2D eigenvalue weighted by Gasteiger charge is -2.08. The van der Waals surface area contributed by atoms with E-state index in [0.717, 1.165) is 39.1 Å². The molecule has 0 saturated heterocycles. The van der Waals surface area contributed by atoms with Crippen molar-refractivity contribution in [1.82, 2.24) is 9.97 Å². The molecular weight excluding hydrogens is 496 g/mol. The topological polar surface area (TPSA) is 84.0 Å². The maximum Gasteiger partial charge on any atom is 0.255 e. The molecule has 2 aromatic heterocycles. The van der Waals surface area contributed by atoms with Gasteiger partial charge in [-0.2, -0.15) is 0 Å². The fraction of sp³-hybridized carbons (Fsp3) is 0.0588. The number of amides is 1. The average Bonchev–Trinajstić information content (AvgIpc) is 3.13. The quantitative estimate of drug-likeness (QED) is 0.246. The molecule has 0 fully saturated rings. The summed E-state index contributed by atoms with van der Waals surface area (Å²) in [6, 6.07) is 32.1. The third-order valence-electron chi connectivity index (χ3n) is 6.97. The molecule has 0 bridgehead atoms. The maximum atomic E-state index is 13.7. The van der Waals surface area contributed by atoms with Crippen LogP contribution in [-0.4, -0.2) is 15.9 Å². The van der Waals surface area contributed by atoms with Gasteiger partial charge in [-0.05, 0) is 78.0 Å². The molecule has 0 aliphatic rings. The zero-order valence-corrected chi connectivity index (χ0v) is 21.9. The Labute approximate surface area is 231 Å². The third-order valence-corrected chi connectivity index (χ3v) is 6.97. The zero-order chi connectivity index (χ0) is 27.5. The van der Waals surface area contributed by atoms with Crippen LogP contribution < -0.4 is 16.1 Å². The van der Waals surface area contributed by atoms with E-state index >= 15 is 0 Å². The number of hydrogen-bond acceptors (Lipinski definition) is 5. The fourth-order valence-electron chi connectivity index (χ4n) is 4.70. The van der Waals surface area contributed by atoms with E-state index in [1.165, 1.54) is 0 Å². The minimum absolute atomic E-state index is 0.0825. The normalized spacial score (nSPS) is 10.9. The summed E-state index contributed by atoms with van der Waals surface area (Å²) in [4.78, 5) is 35.4. The van der Waals surface area contributed by atoms with Crippen LogP contribution >= 0.6 is 0 Å². The second-order valence-electron chi connectivity index (χ2n) is 9.64. The number of benzene rings is 3. The van der Waals surface area contributed by atoms with Gasteiger partial charge >= 0.3 is 0 Å². The molecule has 4 aromatic carbocycles. The number of hydrogen-bond donors (Lipinski definition) is 2. The van der Waals surface area contributed by atoms with E-state index in [9.17, 15) is 9.59 Å². The summed E-state index contributed by atoms with van der Waals surface area (Å²) in [6.45, 7) is 2.60. The predicted molar refractivity (Wildman–Crippen MR) is 162 cm³/mol. The molecule has 0 atom stereocenters. The Balaban J connectivity index is 1.30. The molecule has 6 nitrogen and oxygen atoms in total. The number of carbonyl (C=O) groups excluding carboxylic acids is 1. The van der Waals surface area contributed by atoms with Gasteiger partial charge in [0.05, 0.1) is 17.8 Å². The van der Waals surface area contributed by atoms with Gasteiger partial charge in [0.1, 0.15) is 0 Å². The van der Waals surface area contributed by atoms with E-state index < -0.39 is 0 Å². The van der Waals surface area contributed by atoms with E-state index in [2.05, 4.69) is 20.6 Å². The SMILES string of the molecule is Cc1cccnc1CNc1ccc2ccc3ncc(-c4ccc(C(=O)Nc5ccccc5)cc4)cc3c(=O)c2c1. The first kappa shape index (κ1) is 24.9. The Morgan fingerprint density at radius 2 is 1.55 bits per heavy atom. The van der Waals surface area contributed by atoms with Gasteiger partial charge in [-0.15, -0.1) is 0 Å². The monoisotopic (exact) mass is 522 g/mol. The Morgan fingerprint density at radius 1 is 0.750 bits per heavy atom. The van der Waals surface area contributed by atoms with Crippen molar-refractivity contribution in [2.75, 3.05) is 10.6 Å². The van der Waals surface area contributed by atoms with E-state index in [0.29, 0.717) is 28.4 Å². The molecular formula is C34H26N4O2. The molecule has 2 N–H and O–H groups in total. The molecule has 6 heteroatoms. The van der Waals surface area contributed by atoms with Gasteiger partial charge in [0.25, 0.3) is 5.91 Å². The van der Waals surface area contributed by atoms with Gasteiger partial charge in [0, 0.05) is 45.7 Å². The van der Waals surface area contributed by atoms with Gasteiger partial charge in [-0.1, -0.05) is 48.5 Å². The van der Waals surface area contributed by atoms with E-state index in [4.69, 9.17) is 0 Å². The van der Waals surface area contributed by atoms with Crippen LogP contribution in [0.25, 0.3) is 32.8 Å². The Kier molecular flexibility index (Phi) is 6.73. The third kappa shape index (κ3) is 5.15. The second-order valence-corrected chi connectivity index (χ2v) is 9.64. The van der Waals surface area contributed by atoms with Crippen LogP contribution in [0.15, 0.2) is 120 Å². The fourth-order valence-corrected chi connectivity index (χ4v) is 4.70. The standard InChI is InChI=1S/C34H26N4O2/c1-22-6-5-17-35-32(22)21-36-28-15-13-24-14-16-31-30(33(39)29(24)19-28)18-26(20-37-31)23-9-11-25(12-10-23)34(40)38-27-7-3-2-4-8-27/h2-20,36H,21H2,1H3,(H,38,40). The van der Waals surface area contributed by atoms with E-state index in [1.54, 1.807) is 24.5 Å². The van der Waals surface area contributed by atoms with Crippen LogP contribution in [0, 0.1) is 6.92 Å². The molecule has 0 spiro atoms. The van der Waals surface area contributed by atoms with Gasteiger partial charge in [-0.25, -0.2) is 0 Å². The maximum absolute atomic E-state index is 13.7. The highest BCUT2D eigenvalue weighted by Crippen LogP contribution is 2.24. The molecule has 0 aliphatic carbocycles. The number of pyridine rings is 2.